The minimum atomic E-state index is -0.891. The van der Waals surface area contributed by atoms with Gasteiger partial charge in [0.15, 0.2) is 0 Å². The van der Waals surface area contributed by atoms with Crippen LogP contribution in [0.4, 0.5) is 0 Å². The first-order valence-corrected chi connectivity index (χ1v) is 3.21. The highest BCUT2D eigenvalue weighted by Gasteiger charge is 2.08. The van der Waals surface area contributed by atoms with Gasteiger partial charge >= 0.3 is 5.97 Å². The van der Waals surface area contributed by atoms with Crippen LogP contribution in [0.5, 0.6) is 0 Å². The van der Waals surface area contributed by atoms with E-state index < -0.39 is 12.0 Å². The average molecular weight is 164 g/mol. The second kappa shape index (κ2) is 4.30. The molecule has 0 saturated carbocycles. The van der Waals surface area contributed by atoms with Crippen LogP contribution in [0.1, 0.15) is 6.92 Å². The van der Waals surface area contributed by atoms with Crippen molar-refractivity contribution in [2.75, 3.05) is 6.54 Å². The molecule has 0 rings (SSSR count). The number of carboxylic acids is 1. The molecule has 58 valence electrons. The van der Waals surface area contributed by atoms with Crippen molar-refractivity contribution in [2.45, 2.75) is 13.0 Å². The van der Waals surface area contributed by atoms with Gasteiger partial charge in [-0.25, -0.2) is 0 Å². The number of rotatable bonds is 4. The van der Waals surface area contributed by atoms with Crippen LogP contribution in [0.3, 0.4) is 0 Å². The number of aliphatic carboxylic acids is 1. The van der Waals surface area contributed by atoms with Crippen molar-refractivity contribution in [3.63, 3.8) is 0 Å². The zero-order chi connectivity index (χ0) is 8.15. The second-order valence-corrected chi connectivity index (χ2v) is 2.49. The number of hydrogen-bond acceptors (Lipinski definition) is 2. The molecule has 10 heavy (non-hydrogen) atoms. The highest BCUT2D eigenvalue weighted by molar-refractivity contribution is 6.29. The highest BCUT2D eigenvalue weighted by atomic mass is 35.5. The summed E-state index contributed by atoms with van der Waals surface area (Å²) < 4.78 is 0. The van der Waals surface area contributed by atoms with E-state index in [2.05, 4.69) is 11.9 Å². The maximum atomic E-state index is 10.2. The van der Waals surface area contributed by atoms with Crippen molar-refractivity contribution in [1.82, 2.24) is 5.32 Å². The van der Waals surface area contributed by atoms with E-state index in [0.29, 0.717) is 11.6 Å². The SMILES string of the molecule is C=C(Cl)CN[C@@H](C)C(=O)O. The van der Waals surface area contributed by atoms with Gasteiger partial charge in [-0.05, 0) is 6.92 Å². The molecule has 0 heterocycles. The number of halogens is 1. The molecule has 0 aromatic carbocycles. The summed E-state index contributed by atoms with van der Waals surface area (Å²) in [5.74, 6) is -0.891. The van der Waals surface area contributed by atoms with E-state index in [-0.39, 0.29) is 0 Å². The zero-order valence-electron chi connectivity index (χ0n) is 5.72. The van der Waals surface area contributed by atoms with Crippen molar-refractivity contribution in [3.05, 3.63) is 11.6 Å². The summed E-state index contributed by atoms with van der Waals surface area (Å²) >= 11 is 5.38. The Hall–Kier alpha value is -0.540. The van der Waals surface area contributed by atoms with Gasteiger partial charge in [-0.15, -0.1) is 0 Å². The maximum absolute atomic E-state index is 10.2. The van der Waals surface area contributed by atoms with Crippen LogP contribution in [-0.4, -0.2) is 23.7 Å². The summed E-state index contributed by atoms with van der Waals surface area (Å²) in [6.07, 6.45) is 0. The predicted molar refractivity (Wildman–Crippen MR) is 40.1 cm³/mol. The lowest BCUT2D eigenvalue weighted by Gasteiger charge is -2.06. The Kier molecular flexibility index (Phi) is 4.07. The van der Waals surface area contributed by atoms with Crippen LogP contribution < -0.4 is 5.32 Å². The van der Waals surface area contributed by atoms with Crippen LogP contribution in [0, 0.1) is 0 Å². The van der Waals surface area contributed by atoms with Crippen molar-refractivity contribution >= 4 is 17.6 Å². The van der Waals surface area contributed by atoms with Crippen LogP contribution in [0.25, 0.3) is 0 Å². The summed E-state index contributed by atoms with van der Waals surface area (Å²) in [7, 11) is 0. The van der Waals surface area contributed by atoms with Crippen molar-refractivity contribution in [1.29, 1.82) is 0 Å². The molecule has 0 saturated heterocycles. The van der Waals surface area contributed by atoms with E-state index in [1.807, 2.05) is 0 Å². The third-order valence-corrected chi connectivity index (χ3v) is 1.10. The quantitative estimate of drug-likeness (QED) is 0.645. The Morgan fingerprint density at radius 3 is 2.70 bits per heavy atom. The summed E-state index contributed by atoms with van der Waals surface area (Å²) in [6, 6.07) is -0.574. The highest BCUT2D eigenvalue weighted by Crippen LogP contribution is 1.93. The van der Waals surface area contributed by atoms with Crippen LogP contribution in [-0.2, 0) is 4.79 Å². The molecule has 0 unspecified atom stereocenters. The molecule has 0 aromatic rings. The molecule has 0 amide bonds. The third kappa shape index (κ3) is 4.35. The summed E-state index contributed by atoms with van der Waals surface area (Å²) in [5, 5.41) is 11.4. The number of nitrogens with one attached hydrogen (secondary N) is 1. The van der Waals surface area contributed by atoms with Crippen LogP contribution in [0.15, 0.2) is 11.6 Å². The van der Waals surface area contributed by atoms with Gasteiger partial charge in [-0.3, -0.25) is 10.1 Å². The van der Waals surface area contributed by atoms with Gasteiger partial charge in [-0.1, -0.05) is 18.2 Å². The number of hydrogen-bond donors (Lipinski definition) is 2. The fourth-order valence-corrected chi connectivity index (χ4v) is 0.428. The van der Waals surface area contributed by atoms with Gasteiger partial charge in [0.05, 0.1) is 0 Å². The fraction of sp³-hybridized carbons (Fsp3) is 0.500. The largest absolute Gasteiger partial charge is 0.480 e. The van der Waals surface area contributed by atoms with Crippen LogP contribution in [0.2, 0.25) is 0 Å². The Labute approximate surface area is 64.7 Å². The molecule has 0 aliphatic heterocycles. The second-order valence-electron chi connectivity index (χ2n) is 1.96. The number of carbonyl (C=O) groups is 1. The standard InChI is InChI=1S/C6H10ClNO2/c1-4(7)3-8-5(2)6(9)10/h5,8H,1,3H2,2H3,(H,9,10)/t5-/m0/s1. The first-order valence-electron chi connectivity index (χ1n) is 2.83. The van der Waals surface area contributed by atoms with Crippen LogP contribution >= 0.6 is 11.6 Å². The fourth-order valence-electron chi connectivity index (χ4n) is 0.351. The summed E-state index contributed by atoms with van der Waals surface area (Å²) in [4.78, 5) is 10.2. The smallest absolute Gasteiger partial charge is 0.320 e. The topological polar surface area (TPSA) is 49.3 Å². The van der Waals surface area contributed by atoms with Crippen molar-refractivity contribution < 1.29 is 9.90 Å². The van der Waals surface area contributed by atoms with Gasteiger partial charge < -0.3 is 5.11 Å². The maximum Gasteiger partial charge on any atom is 0.320 e. The van der Waals surface area contributed by atoms with E-state index in [9.17, 15) is 4.79 Å². The molecular weight excluding hydrogens is 154 g/mol. The van der Waals surface area contributed by atoms with E-state index in [1.165, 1.54) is 0 Å². The Bertz CT molecular complexity index is 147. The third-order valence-electron chi connectivity index (χ3n) is 0.970. The molecule has 0 spiro atoms. The summed E-state index contributed by atoms with van der Waals surface area (Å²) in [6.45, 7) is 5.27. The zero-order valence-corrected chi connectivity index (χ0v) is 6.48. The Morgan fingerprint density at radius 1 is 1.90 bits per heavy atom. The molecule has 0 fully saturated rings. The Balaban J connectivity index is 3.49. The number of carboxylic acid groups (broad SMARTS) is 1. The van der Waals surface area contributed by atoms with E-state index in [1.54, 1.807) is 6.92 Å². The lowest BCUT2D eigenvalue weighted by atomic mass is 10.3. The predicted octanol–water partition coefficient (Wildman–Crippen LogP) is 0.802. The Morgan fingerprint density at radius 2 is 2.40 bits per heavy atom. The molecule has 0 aromatic heterocycles. The lowest BCUT2D eigenvalue weighted by Crippen LogP contribution is -2.34. The molecule has 4 heteroatoms. The minimum Gasteiger partial charge on any atom is -0.480 e. The van der Waals surface area contributed by atoms with Gasteiger partial charge in [-0.2, -0.15) is 0 Å². The van der Waals surface area contributed by atoms with Crippen molar-refractivity contribution in [2.24, 2.45) is 0 Å². The molecular formula is C6H10ClNO2. The lowest BCUT2D eigenvalue weighted by molar-refractivity contribution is -0.138. The van der Waals surface area contributed by atoms with Gasteiger partial charge in [0.25, 0.3) is 0 Å². The first kappa shape index (κ1) is 9.46. The van der Waals surface area contributed by atoms with Gasteiger partial charge in [0, 0.05) is 11.6 Å². The molecule has 0 aliphatic rings. The molecule has 3 nitrogen and oxygen atoms in total. The van der Waals surface area contributed by atoms with E-state index >= 15 is 0 Å². The normalized spacial score (nSPS) is 12.6. The molecule has 0 radical (unpaired) electrons. The first-order chi connectivity index (χ1) is 4.54. The van der Waals surface area contributed by atoms with Crippen molar-refractivity contribution in [3.8, 4) is 0 Å². The molecule has 0 bridgehead atoms. The molecule has 0 aliphatic carbocycles. The van der Waals surface area contributed by atoms with E-state index in [0.717, 1.165) is 0 Å². The van der Waals surface area contributed by atoms with E-state index in [4.69, 9.17) is 16.7 Å². The van der Waals surface area contributed by atoms with Gasteiger partial charge in [0.2, 0.25) is 0 Å². The monoisotopic (exact) mass is 163 g/mol. The molecule has 2 N–H and O–H groups in total. The molecule has 1 atom stereocenters. The minimum absolute atomic E-state index is 0.328. The van der Waals surface area contributed by atoms with Gasteiger partial charge in [0.1, 0.15) is 6.04 Å². The average Bonchev–Trinajstić information content (AvgIpc) is 1.82. The summed E-state index contributed by atoms with van der Waals surface area (Å²) in [5.41, 5.74) is 0.